The first-order valence-corrected chi connectivity index (χ1v) is 12.5. The summed E-state index contributed by atoms with van der Waals surface area (Å²) in [6.45, 7) is 6.06. The number of benzene rings is 1. The van der Waals surface area contributed by atoms with Gasteiger partial charge in [-0.2, -0.15) is 0 Å². The Bertz CT molecular complexity index is 791. The van der Waals surface area contributed by atoms with Crippen LogP contribution in [-0.2, 0) is 10.2 Å². The van der Waals surface area contributed by atoms with Crippen molar-refractivity contribution in [2.75, 3.05) is 19.0 Å². The zero-order valence-corrected chi connectivity index (χ0v) is 19.3. The maximum atomic E-state index is 14.1. The summed E-state index contributed by atoms with van der Waals surface area (Å²) >= 11 is 6.22. The van der Waals surface area contributed by atoms with E-state index >= 15 is 0 Å². The van der Waals surface area contributed by atoms with Crippen LogP contribution in [0.3, 0.4) is 0 Å². The summed E-state index contributed by atoms with van der Waals surface area (Å²) < 4.78 is 0. The molecule has 5 fully saturated rings. The number of nitrogens with two attached hydrogens (primary N) is 1. The van der Waals surface area contributed by atoms with Gasteiger partial charge in [0.05, 0.1) is 5.41 Å². The second-order valence-corrected chi connectivity index (χ2v) is 12.1. The highest BCUT2D eigenvalue weighted by molar-refractivity contribution is 6.17. The smallest absolute Gasteiger partial charge is 0.228 e. The van der Waals surface area contributed by atoms with Crippen LogP contribution in [-0.4, -0.2) is 35.8 Å². The quantitative estimate of drug-likeness (QED) is 0.688. The molecule has 1 heterocycles. The first-order chi connectivity index (χ1) is 14.3. The molecule has 2 unspecified atom stereocenters. The molecule has 1 saturated heterocycles. The van der Waals surface area contributed by atoms with Gasteiger partial charge in [-0.3, -0.25) is 4.79 Å². The maximum Gasteiger partial charge on any atom is 0.228 e. The lowest BCUT2D eigenvalue weighted by Gasteiger charge is -2.65. The lowest BCUT2D eigenvalue weighted by atomic mass is 9.39. The average Bonchev–Trinajstić information content (AvgIpc) is 2.72. The molecule has 30 heavy (non-hydrogen) atoms. The van der Waals surface area contributed by atoms with Crippen molar-refractivity contribution >= 4 is 17.5 Å². The Hall–Kier alpha value is -1.06. The molecule has 4 heteroatoms. The summed E-state index contributed by atoms with van der Waals surface area (Å²) in [6.07, 6.45) is 7.67. The van der Waals surface area contributed by atoms with Crippen LogP contribution in [0.1, 0.15) is 64.4 Å². The number of amides is 1. The lowest BCUT2D eigenvalue weighted by molar-refractivity contribution is -0.171. The van der Waals surface area contributed by atoms with E-state index in [-0.39, 0.29) is 22.3 Å². The van der Waals surface area contributed by atoms with Crippen molar-refractivity contribution in [3.05, 3.63) is 35.9 Å². The summed E-state index contributed by atoms with van der Waals surface area (Å²) in [7, 11) is 0. The summed E-state index contributed by atoms with van der Waals surface area (Å²) in [4.78, 5) is 16.3. The van der Waals surface area contributed by atoms with Crippen LogP contribution in [0.2, 0.25) is 0 Å². The van der Waals surface area contributed by atoms with Crippen LogP contribution in [0, 0.1) is 28.6 Å². The topological polar surface area (TPSA) is 46.3 Å². The number of hydrogen-bond donors (Lipinski definition) is 1. The number of piperidine rings is 1. The van der Waals surface area contributed by atoms with E-state index in [0.717, 1.165) is 51.1 Å². The van der Waals surface area contributed by atoms with Gasteiger partial charge < -0.3 is 10.6 Å². The fourth-order valence-electron chi connectivity index (χ4n) is 8.11. The molecule has 6 rings (SSSR count). The van der Waals surface area contributed by atoms with Crippen LogP contribution in [0.25, 0.3) is 0 Å². The molecule has 1 aromatic carbocycles. The van der Waals surface area contributed by atoms with Gasteiger partial charge in [-0.05, 0) is 79.1 Å². The molecular weight excluding hydrogens is 392 g/mol. The van der Waals surface area contributed by atoms with E-state index in [2.05, 4.69) is 49.1 Å². The Morgan fingerprint density at radius 2 is 1.80 bits per heavy atom. The van der Waals surface area contributed by atoms with Gasteiger partial charge in [-0.15, -0.1) is 11.6 Å². The first kappa shape index (κ1) is 20.8. The molecule has 2 N–H and O–H groups in total. The molecule has 4 aliphatic carbocycles. The van der Waals surface area contributed by atoms with Crippen LogP contribution in [0.5, 0.6) is 0 Å². The number of likely N-dealkylation sites (tertiary alicyclic amines) is 1. The summed E-state index contributed by atoms with van der Waals surface area (Å²) in [5.74, 6) is 3.14. The number of carbonyl (C=O) groups excluding carboxylic acids is 1. The highest BCUT2D eigenvalue weighted by atomic mass is 35.5. The highest BCUT2D eigenvalue weighted by Gasteiger charge is 2.64. The fraction of sp³-hybridized carbons (Fsp3) is 0.731. The van der Waals surface area contributed by atoms with Crippen LogP contribution >= 0.6 is 11.6 Å². The number of carbonyl (C=O) groups is 1. The monoisotopic (exact) mass is 428 g/mol. The van der Waals surface area contributed by atoms with Gasteiger partial charge in [-0.1, -0.05) is 44.2 Å². The van der Waals surface area contributed by atoms with E-state index in [9.17, 15) is 4.79 Å². The van der Waals surface area contributed by atoms with Crippen LogP contribution in [0.4, 0.5) is 0 Å². The lowest BCUT2D eigenvalue weighted by Crippen LogP contribution is -2.64. The van der Waals surface area contributed by atoms with Gasteiger partial charge in [0, 0.05) is 25.0 Å². The van der Waals surface area contributed by atoms with Crippen LogP contribution < -0.4 is 5.73 Å². The van der Waals surface area contributed by atoms with Crippen molar-refractivity contribution in [2.45, 2.75) is 70.3 Å². The molecule has 164 valence electrons. The number of halogens is 1. The fourth-order valence-corrected chi connectivity index (χ4v) is 8.36. The summed E-state index contributed by atoms with van der Waals surface area (Å²) in [5, 5.41) is 0. The molecule has 0 radical (unpaired) electrons. The Morgan fingerprint density at radius 3 is 2.40 bits per heavy atom. The molecule has 1 aliphatic heterocycles. The number of alkyl halides is 1. The van der Waals surface area contributed by atoms with E-state index in [4.69, 9.17) is 17.3 Å². The van der Waals surface area contributed by atoms with E-state index in [1.54, 1.807) is 0 Å². The molecular formula is C26H37ClN2O. The van der Waals surface area contributed by atoms with Gasteiger partial charge in [-0.25, -0.2) is 0 Å². The standard InChI is InChI=1S/C26H37ClN2O/c1-24(2)17-29(11-9-22(24)28)23(30)26-14-18-12-25(16-26,20-6-4-3-5-7-20)13-19(15-26)21(18)8-10-27/h3-7,18-19,21-22H,8-17,28H2,1-2H3/t18?,19?,21?,22-,25?,26?/m0/s1. The van der Waals surface area contributed by atoms with E-state index < -0.39 is 0 Å². The van der Waals surface area contributed by atoms with Gasteiger partial charge in [0.1, 0.15) is 0 Å². The van der Waals surface area contributed by atoms with Crippen molar-refractivity contribution < 1.29 is 4.79 Å². The Kier molecular flexibility index (Phi) is 5.02. The molecule has 5 aliphatic rings. The second kappa shape index (κ2) is 7.24. The van der Waals surface area contributed by atoms with Crippen molar-refractivity contribution in [3.63, 3.8) is 0 Å². The summed E-state index contributed by atoms with van der Waals surface area (Å²) in [6, 6.07) is 11.3. The molecule has 3 nitrogen and oxygen atoms in total. The van der Waals surface area contributed by atoms with E-state index in [1.165, 1.54) is 18.4 Å². The average molecular weight is 429 g/mol. The molecule has 1 amide bonds. The number of nitrogens with zero attached hydrogens (tertiary/aromatic N) is 1. The maximum absolute atomic E-state index is 14.1. The second-order valence-electron chi connectivity index (χ2n) is 11.7. The summed E-state index contributed by atoms with van der Waals surface area (Å²) in [5.41, 5.74) is 7.83. The third-order valence-corrected chi connectivity index (χ3v) is 9.60. The van der Waals surface area contributed by atoms with Gasteiger partial charge >= 0.3 is 0 Å². The minimum Gasteiger partial charge on any atom is -0.342 e. The van der Waals surface area contributed by atoms with Crippen molar-refractivity contribution in [1.82, 2.24) is 4.90 Å². The minimum absolute atomic E-state index is 0.00548. The van der Waals surface area contributed by atoms with Gasteiger partial charge in [0.2, 0.25) is 5.91 Å². The van der Waals surface area contributed by atoms with Crippen molar-refractivity contribution in [2.24, 2.45) is 34.3 Å². The largest absolute Gasteiger partial charge is 0.342 e. The van der Waals surface area contributed by atoms with Crippen molar-refractivity contribution in [1.29, 1.82) is 0 Å². The molecule has 0 spiro atoms. The normalized spacial score (nSPS) is 41.8. The molecule has 3 atom stereocenters. The predicted octanol–water partition coefficient (Wildman–Crippen LogP) is 4.97. The minimum atomic E-state index is -0.179. The third kappa shape index (κ3) is 3.14. The van der Waals surface area contributed by atoms with Crippen molar-refractivity contribution in [3.8, 4) is 0 Å². The highest BCUT2D eigenvalue weighted by Crippen LogP contribution is 2.68. The Balaban J connectivity index is 1.49. The first-order valence-electron chi connectivity index (χ1n) is 12.0. The zero-order valence-electron chi connectivity index (χ0n) is 18.6. The molecule has 4 saturated carbocycles. The van der Waals surface area contributed by atoms with Crippen LogP contribution in [0.15, 0.2) is 30.3 Å². The molecule has 0 aromatic heterocycles. The Morgan fingerprint density at radius 1 is 1.13 bits per heavy atom. The molecule has 1 aromatic rings. The Labute approximate surface area is 186 Å². The van der Waals surface area contributed by atoms with E-state index in [0.29, 0.717) is 23.7 Å². The number of rotatable bonds is 4. The van der Waals surface area contributed by atoms with Gasteiger partial charge in [0.15, 0.2) is 0 Å². The van der Waals surface area contributed by atoms with Gasteiger partial charge in [0.25, 0.3) is 0 Å². The van der Waals surface area contributed by atoms with E-state index in [1.807, 2.05) is 0 Å². The zero-order chi connectivity index (χ0) is 21.1. The number of hydrogen-bond acceptors (Lipinski definition) is 2. The predicted molar refractivity (Wildman–Crippen MR) is 122 cm³/mol. The third-order valence-electron chi connectivity index (χ3n) is 9.38. The molecule has 4 bridgehead atoms. The SMILES string of the molecule is CC1(C)CN(C(=O)C23CC4CC(c5ccccc5)(CC(C2)C4CCCl)C3)CC[C@@H]1N.